The number of methoxy groups -OCH3 is 1. The molecule has 1 fully saturated rings. The van der Waals surface area contributed by atoms with Gasteiger partial charge in [0, 0.05) is 37.8 Å². The van der Waals surface area contributed by atoms with Crippen LogP contribution in [0.3, 0.4) is 0 Å². The predicted octanol–water partition coefficient (Wildman–Crippen LogP) is 3.14. The maximum absolute atomic E-state index is 5.32. The summed E-state index contributed by atoms with van der Waals surface area (Å²) in [7, 11) is 1.73. The highest BCUT2D eigenvalue weighted by molar-refractivity contribution is 5.37. The van der Waals surface area contributed by atoms with Crippen molar-refractivity contribution in [1.82, 2.24) is 9.97 Å². The number of ether oxygens (including phenoxy) is 1. The van der Waals surface area contributed by atoms with Gasteiger partial charge < -0.3 is 10.1 Å². The molecular weight excluding hydrogens is 238 g/mol. The number of hydrogen-bond donors (Lipinski definition) is 1. The van der Waals surface area contributed by atoms with Crippen LogP contribution in [0.1, 0.15) is 57.0 Å². The van der Waals surface area contributed by atoms with Gasteiger partial charge in [-0.25, -0.2) is 9.97 Å². The Morgan fingerprint density at radius 3 is 2.74 bits per heavy atom. The minimum Gasteiger partial charge on any atom is -0.381 e. The molecule has 0 saturated heterocycles. The van der Waals surface area contributed by atoms with Gasteiger partial charge >= 0.3 is 0 Å². The number of nitrogens with one attached hydrogen (secondary N) is 1. The third-order valence-corrected chi connectivity index (χ3v) is 3.80. The fourth-order valence-corrected chi connectivity index (χ4v) is 2.65. The van der Waals surface area contributed by atoms with Gasteiger partial charge in [-0.05, 0) is 26.7 Å². The molecule has 4 nitrogen and oxygen atoms in total. The molecule has 4 heteroatoms. The molecule has 1 aliphatic carbocycles. The largest absolute Gasteiger partial charge is 0.381 e. The molecule has 1 unspecified atom stereocenters. The molecule has 1 aliphatic rings. The lowest BCUT2D eigenvalue weighted by Gasteiger charge is -2.14. The summed E-state index contributed by atoms with van der Waals surface area (Å²) in [5.41, 5.74) is 1.21. The van der Waals surface area contributed by atoms with Crippen molar-refractivity contribution in [2.24, 2.45) is 0 Å². The van der Waals surface area contributed by atoms with E-state index in [1.807, 2.05) is 0 Å². The molecule has 0 aliphatic heterocycles. The average Bonchev–Trinajstić information content (AvgIpc) is 2.92. The van der Waals surface area contributed by atoms with Crippen LogP contribution in [0.15, 0.2) is 6.07 Å². The van der Waals surface area contributed by atoms with Crippen molar-refractivity contribution in [3.8, 4) is 0 Å². The zero-order chi connectivity index (χ0) is 13.7. The van der Waals surface area contributed by atoms with E-state index < -0.39 is 0 Å². The van der Waals surface area contributed by atoms with Crippen LogP contribution < -0.4 is 5.32 Å². The van der Waals surface area contributed by atoms with Gasteiger partial charge in [0.2, 0.25) is 0 Å². The summed E-state index contributed by atoms with van der Waals surface area (Å²) >= 11 is 0. The van der Waals surface area contributed by atoms with Crippen molar-refractivity contribution in [2.45, 2.75) is 58.0 Å². The van der Waals surface area contributed by atoms with Crippen molar-refractivity contribution >= 4 is 5.82 Å². The summed E-state index contributed by atoms with van der Waals surface area (Å²) in [4.78, 5) is 9.33. The molecule has 0 radical (unpaired) electrons. The van der Waals surface area contributed by atoms with E-state index in [4.69, 9.17) is 9.72 Å². The Bertz CT molecular complexity index is 402. The standard InChI is InChI=1S/C15H25N3O/c1-4-16-14-10-13(12-7-5-6-8-12)17-15(18-14)9-11(2)19-3/h10-12H,4-9H2,1-3H3,(H,16,17,18). The van der Waals surface area contributed by atoms with E-state index in [1.54, 1.807) is 7.11 Å². The monoisotopic (exact) mass is 263 g/mol. The summed E-state index contributed by atoms with van der Waals surface area (Å²) < 4.78 is 5.32. The van der Waals surface area contributed by atoms with Crippen LogP contribution >= 0.6 is 0 Å². The van der Waals surface area contributed by atoms with E-state index >= 15 is 0 Å². The van der Waals surface area contributed by atoms with Gasteiger partial charge in [0.1, 0.15) is 11.6 Å². The van der Waals surface area contributed by atoms with Crippen molar-refractivity contribution in [2.75, 3.05) is 19.0 Å². The summed E-state index contributed by atoms with van der Waals surface area (Å²) in [6, 6.07) is 2.13. The second-order valence-electron chi connectivity index (χ2n) is 5.36. The molecule has 1 aromatic rings. The Morgan fingerprint density at radius 2 is 2.11 bits per heavy atom. The second-order valence-corrected chi connectivity index (χ2v) is 5.36. The fraction of sp³-hybridized carbons (Fsp3) is 0.733. The molecule has 1 atom stereocenters. The van der Waals surface area contributed by atoms with Gasteiger partial charge in [-0.1, -0.05) is 12.8 Å². The van der Waals surface area contributed by atoms with E-state index in [9.17, 15) is 0 Å². The van der Waals surface area contributed by atoms with Crippen LogP contribution in [-0.2, 0) is 11.2 Å². The van der Waals surface area contributed by atoms with E-state index in [1.165, 1.54) is 31.4 Å². The first-order valence-corrected chi connectivity index (χ1v) is 7.37. The summed E-state index contributed by atoms with van der Waals surface area (Å²) in [5.74, 6) is 2.48. The van der Waals surface area contributed by atoms with Crippen molar-refractivity contribution < 1.29 is 4.74 Å². The Kier molecular flexibility index (Phi) is 5.14. The number of rotatable bonds is 6. The number of hydrogen-bond acceptors (Lipinski definition) is 4. The van der Waals surface area contributed by atoms with Gasteiger partial charge in [-0.15, -0.1) is 0 Å². The number of aromatic nitrogens is 2. The summed E-state index contributed by atoms with van der Waals surface area (Å²) in [6.45, 7) is 5.04. The summed E-state index contributed by atoms with van der Waals surface area (Å²) in [6.07, 6.45) is 6.12. The summed E-state index contributed by atoms with van der Waals surface area (Å²) in [5, 5.41) is 3.31. The Labute approximate surface area is 116 Å². The van der Waals surface area contributed by atoms with E-state index in [0.29, 0.717) is 5.92 Å². The Morgan fingerprint density at radius 1 is 1.37 bits per heavy atom. The molecule has 0 spiro atoms. The van der Waals surface area contributed by atoms with Gasteiger partial charge in [-0.3, -0.25) is 0 Å². The highest BCUT2D eigenvalue weighted by Gasteiger charge is 2.20. The molecule has 2 rings (SSSR count). The first-order chi connectivity index (χ1) is 9.22. The SMILES string of the molecule is CCNc1cc(C2CCCC2)nc(CC(C)OC)n1. The second kappa shape index (κ2) is 6.85. The highest BCUT2D eigenvalue weighted by atomic mass is 16.5. The average molecular weight is 263 g/mol. The van der Waals surface area contributed by atoms with Crippen LogP contribution in [0.25, 0.3) is 0 Å². The molecular formula is C15H25N3O. The van der Waals surface area contributed by atoms with Crippen LogP contribution in [0.5, 0.6) is 0 Å². The van der Waals surface area contributed by atoms with E-state index in [2.05, 4.69) is 30.2 Å². The molecule has 106 valence electrons. The minimum absolute atomic E-state index is 0.160. The topological polar surface area (TPSA) is 47.0 Å². The fourth-order valence-electron chi connectivity index (χ4n) is 2.65. The maximum atomic E-state index is 5.32. The predicted molar refractivity (Wildman–Crippen MR) is 77.6 cm³/mol. The zero-order valence-corrected chi connectivity index (χ0v) is 12.3. The lowest BCUT2D eigenvalue weighted by Crippen LogP contribution is -2.14. The molecule has 0 bridgehead atoms. The number of nitrogens with zero attached hydrogens (tertiary/aromatic N) is 2. The lowest BCUT2D eigenvalue weighted by molar-refractivity contribution is 0.117. The van der Waals surface area contributed by atoms with Crippen molar-refractivity contribution in [1.29, 1.82) is 0 Å². The van der Waals surface area contributed by atoms with Crippen LogP contribution in [0.4, 0.5) is 5.82 Å². The highest BCUT2D eigenvalue weighted by Crippen LogP contribution is 2.33. The molecule has 19 heavy (non-hydrogen) atoms. The minimum atomic E-state index is 0.160. The molecule has 0 aromatic carbocycles. The Balaban J connectivity index is 2.20. The van der Waals surface area contributed by atoms with Gasteiger partial charge in [-0.2, -0.15) is 0 Å². The third kappa shape index (κ3) is 3.90. The first kappa shape index (κ1) is 14.3. The number of anilines is 1. The van der Waals surface area contributed by atoms with Gasteiger partial charge in [0.05, 0.1) is 6.10 Å². The maximum Gasteiger partial charge on any atom is 0.133 e. The Hall–Kier alpha value is -1.16. The van der Waals surface area contributed by atoms with Crippen molar-refractivity contribution in [3.05, 3.63) is 17.6 Å². The van der Waals surface area contributed by atoms with Crippen LogP contribution in [0, 0.1) is 0 Å². The molecule has 1 heterocycles. The molecule has 1 N–H and O–H groups in total. The quantitative estimate of drug-likeness (QED) is 0.856. The van der Waals surface area contributed by atoms with Crippen LogP contribution in [-0.4, -0.2) is 29.7 Å². The van der Waals surface area contributed by atoms with Gasteiger partial charge in [0.15, 0.2) is 0 Å². The molecule has 0 amide bonds. The zero-order valence-electron chi connectivity index (χ0n) is 12.3. The van der Waals surface area contributed by atoms with Crippen LogP contribution in [0.2, 0.25) is 0 Å². The molecule has 1 aromatic heterocycles. The third-order valence-electron chi connectivity index (χ3n) is 3.80. The van der Waals surface area contributed by atoms with E-state index in [-0.39, 0.29) is 6.10 Å². The smallest absolute Gasteiger partial charge is 0.133 e. The lowest BCUT2D eigenvalue weighted by atomic mass is 10.0. The molecule has 1 saturated carbocycles. The van der Waals surface area contributed by atoms with Crippen molar-refractivity contribution in [3.63, 3.8) is 0 Å². The normalized spacial score (nSPS) is 17.6. The van der Waals surface area contributed by atoms with E-state index in [0.717, 1.165) is 24.6 Å². The van der Waals surface area contributed by atoms with Gasteiger partial charge in [0.25, 0.3) is 0 Å². The first-order valence-electron chi connectivity index (χ1n) is 7.37.